The van der Waals surface area contributed by atoms with Crippen LogP contribution in [0, 0.1) is 12.7 Å². The molecule has 0 saturated heterocycles. The van der Waals surface area contributed by atoms with E-state index in [0.29, 0.717) is 5.13 Å². The number of thiazole rings is 1. The van der Waals surface area contributed by atoms with Crippen molar-refractivity contribution >= 4 is 16.5 Å². The summed E-state index contributed by atoms with van der Waals surface area (Å²) in [4.78, 5) is 5.33. The number of ether oxygens (including phenoxy) is 1. The molecule has 1 heterocycles. The number of nitrogens with zero attached hydrogens (tertiary/aromatic N) is 1. The number of aryl methyl sites for hydroxylation is 3. The minimum Gasteiger partial charge on any atom is -0.494 e. The van der Waals surface area contributed by atoms with Crippen LogP contribution in [-0.2, 0) is 12.8 Å². The lowest BCUT2D eigenvalue weighted by Gasteiger charge is -2.04. The average Bonchev–Trinajstić information content (AvgIpc) is 2.65. The summed E-state index contributed by atoms with van der Waals surface area (Å²) in [6, 6.07) is 5.04. The number of aromatic nitrogens is 1. The zero-order valence-corrected chi connectivity index (χ0v) is 11.2. The van der Waals surface area contributed by atoms with Crippen LogP contribution in [0.15, 0.2) is 18.2 Å². The minimum absolute atomic E-state index is 0.275. The third-order valence-corrected chi connectivity index (χ3v) is 3.81. The molecule has 0 atom stereocenters. The van der Waals surface area contributed by atoms with Gasteiger partial charge in [0.2, 0.25) is 0 Å². The normalized spacial score (nSPS) is 10.6. The summed E-state index contributed by atoms with van der Waals surface area (Å²) in [7, 11) is 1.46. The highest BCUT2D eigenvalue weighted by Gasteiger charge is 2.07. The lowest BCUT2D eigenvalue weighted by Crippen LogP contribution is -1.94. The predicted molar refractivity (Wildman–Crippen MR) is 71.6 cm³/mol. The Balaban J connectivity index is 2.06. The van der Waals surface area contributed by atoms with Gasteiger partial charge in [0.1, 0.15) is 0 Å². The Kier molecular flexibility index (Phi) is 3.81. The summed E-state index contributed by atoms with van der Waals surface area (Å²) in [6.07, 6.45) is 1.59. The second-order valence-electron chi connectivity index (χ2n) is 4.03. The third kappa shape index (κ3) is 2.79. The third-order valence-electron chi connectivity index (χ3n) is 2.77. The van der Waals surface area contributed by atoms with E-state index in [-0.39, 0.29) is 11.6 Å². The van der Waals surface area contributed by atoms with Crippen molar-refractivity contribution < 1.29 is 9.13 Å². The molecule has 1 aromatic carbocycles. The zero-order chi connectivity index (χ0) is 13.1. The maximum absolute atomic E-state index is 13.5. The molecule has 2 aromatic rings. The first kappa shape index (κ1) is 12.8. The van der Waals surface area contributed by atoms with Crippen LogP contribution in [-0.4, -0.2) is 12.1 Å². The van der Waals surface area contributed by atoms with Crippen molar-refractivity contribution in [2.24, 2.45) is 0 Å². The summed E-state index contributed by atoms with van der Waals surface area (Å²) in [5.74, 6) is -0.0486. The SMILES string of the molecule is COc1ccc(CCc2sc(N)nc2C)cc1F. The Morgan fingerprint density at radius 2 is 2.17 bits per heavy atom. The first-order chi connectivity index (χ1) is 8.60. The molecule has 0 radical (unpaired) electrons. The topological polar surface area (TPSA) is 48.1 Å². The lowest BCUT2D eigenvalue weighted by molar-refractivity contribution is 0.386. The Labute approximate surface area is 109 Å². The van der Waals surface area contributed by atoms with Gasteiger partial charge in [0.25, 0.3) is 0 Å². The average molecular weight is 266 g/mol. The van der Waals surface area contributed by atoms with E-state index in [4.69, 9.17) is 10.5 Å². The fourth-order valence-corrected chi connectivity index (χ4v) is 2.64. The van der Waals surface area contributed by atoms with E-state index >= 15 is 0 Å². The molecule has 0 unspecified atom stereocenters. The van der Waals surface area contributed by atoms with Crippen molar-refractivity contribution in [2.75, 3.05) is 12.8 Å². The summed E-state index contributed by atoms with van der Waals surface area (Å²) in [5.41, 5.74) is 7.55. The van der Waals surface area contributed by atoms with Gasteiger partial charge in [-0.2, -0.15) is 0 Å². The number of methoxy groups -OCH3 is 1. The van der Waals surface area contributed by atoms with Crippen LogP contribution >= 0.6 is 11.3 Å². The molecule has 0 aliphatic rings. The molecule has 2 rings (SSSR count). The highest BCUT2D eigenvalue weighted by Crippen LogP contribution is 2.23. The van der Waals surface area contributed by atoms with Gasteiger partial charge in [-0.15, -0.1) is 11.3 Å². The highest BCUT2D eigenvalue weighted by atomic mass is 32.1. The quantitative estimate of drug-likeness (QED) is 0.925. The maximum atomic E-state index is 13.5. The lowest BCUT2D eigenvalue weighted by atomic mass is 10.1. The number of benzene rings is 1. The molecular weight excluding hydrogens is 251 g/mol. The van der Waals surface area contributed by atoms with Crippen molar-refractivity contribution in [2.45, 2.75) is 19.8 Å². The standard InChI is InChI=1S/C13H15FN2OS/c1-8-12(18-13(15)16-8)6-4-9-3-5-11(17-2)10(14)7-9/h3,5,7H,4,6H2,1-2H3,(H2,15,16). The molecule has 5 heteroatoms. The highest BCUT2D eigenvalue weighted by molar-refractivity contribution is 7.15. The van der Waals surface area contributed by atoms with E-state index in [1.165, 1.54) is 24.5 Å². The zero-order valence-electron chi connectivity index (χ0n) is 10.4. The van der Waals surface area contributed by atoms with E-state index in [0.717, 1.165) is 29.0 Å². The van der Waals surface area contributed by atoms with E-state index in [1.54, 1.807) is 6.07 Å². The van der Waals surface area contributed by atoms with Gasteiger partial charge in [0.15, 0.2) is 16.7 Å². The molecule has 0 amide bonds. The molecule has 0 aliphatic heterocycles. The van der Waals surface area contributed by atoms with Gasteiger partial charge in [-0.25, -0.2) is 9.37 Å². The molecule has 0 saturated carbocycles. The minimum atomic E-state index is -0.324. The van der Waals surface area contributed by atoms with Crippen LogP contribution in [0.25, 0.3) is 0 Å². The van der Waals surface area contributed by atoms with Gasteiger partial charge in [0.05, 0.1) is 12.8 Å². The summed E-state index contributed by atoms with van der Waals surface area (Å²) in [5, 5.41) is 0.586. The van der Waals surface area contributed by atoms with Crippen LogP contribution in [0.1, 0.15) is 16.1 Å². The van der Waals surface area contributed by atoms with E-state index in [9.17, 15) is 4.39 Å². The molecule has 1 aromatic heterocycles. The molecular formula is C13H15FN2OS. The number of rotatable bonds is 4. The van der Waals surface area contributed by atoms with E-state index in [1.807, 2.05) is 13.0 Å². The van der Waals surface area contributed by atoms with E-state index < -0.39 is 0 Å². The molecule has 0 aliphatic carbocycles. The molecule has 18 heavy (non-hydrogen) atoms. The van der Waals surface area contributed by atoms with Crippen LogP contribution in [0.5, 0.6) is 5.75 Å². The largest absolute Gasteiger partial charge is 0.494 e. The summed E-state index contributed by atoms with van der Waals surface area (Å²) < 4.78 is 18.4. The Morgan fingerprint density at radius 3 is 2.72 bits per heavy atom. The summed E-state index contributed by atoms with van der Waals surface area (Å²) >= 11 is 1.49. The predicted octanol–water partition coefficient (Wildman–Crippen LogP) is 2.97. The monoisotopic (exact) mass is 266 g/mol. The van der Waals surface area contributed by atoms with Crippen molar-refractivity contribution in [3.05, 3.63) is 40.2 Å². The second kappa shape index (κ2) is 5.35. The van der Waals surface area contributed by atoms with Crippen LogP contribution in [0.2, 0.25) is 0 Å². The summed E-state index contributed by atoms with van der Waals surface area (Å²) in [6.45, 7) is 1.94. The van der Waals surface area contributed by atoms with E-state index in [2.05, 4.69) is 4.98 Å². The fraction of sp³-hybridized carbons (Fsp3) is 0.308. The van der Waals surface area contributed by atoms with Gasteiger partial charge in [-0.05, 0) is 37.5 Å². The van der Waals surface area contributed by atoms with Gasteiger partial charge in [0, 0.05) is 4.88 Å². The number of halogens is 1. The Bertz CT molecular complexity index is 554. The first-order valence-corrected chi connectivity index (χ1v) is 6.46. The maximum Gasteiger partial charge on any atom is 0.180 e. The molecule has 2 N–H and O–H groups in total. The van der Waals surface area contributed by atoms with Gasteiger partial charge in [-0.1, -0.05) is 6.07 Å². The van der Waals surface area contributed by atoms with Crippen LogP contribution in [0.3, 0.4) is 0 Å². The molecule has 0 bridgehead atoms. The van der Waals surface area contributed by atoms with Crippen molar-refractivity contribution in [1.82, 2.24) is 4.98 Å². The van der Waals surface area contributed by atoms with Crippen molar-refractivity contribution in [3.63, 3.8) is 0 Å². The van der Waals surface area contributed by atoms with Crippen molar-refractivity contribution in [3.8, 4) is 5.75 Å². The Morgan fingerprint density at radius 1 is 1.39 bits per heavy atom. The van der Waals surface area contributed by atoms with Gasteiger partial charge < -0.3 is 10.5 Å². The number of nitrogen functional groups attached to an aromatic ring is 1. The number of hydrogen-bond donors (Lipinski definition) is 1. The number of hydrogen-bond acceptors (Lipinski definition) is 4. The molecule has 0 fully saturated rings. The Hall–Kier alpha value is -1.62. The van der Waals surface area contributed by atoms with Crippen LogP contribution < -0.4 is 10.5 Å². The second-order valence-corrected chi connectivity index (χ2v) is 5.14. The number of anilines is 1. The van der Waals surface area contributed by atoms with Gasteiger partial charge >= 0.3 is 0 Å². The van der Waals surface area contributed by atoms with Gasteiger partial charge in [-0.3, -0.25) is 0 Å². The smallest absolute Gasteiger partial charge is 0.180 e. The molecule has 3 nitrogen and oxygen atoms in total. The fourth-order valence-electron chi connectivity index (χ4n) is 1.81. The number of nitrogens with two attached hydrogens (primary N) is 1. The van der Waals surface area contributed by atoms with Crippen molar-refractivity contribution in [1.29, 1.82) is 0 Å². The molecule has 96 valence electrons. The molecule has 0 spiro atoms. The first-order valence-electron chi connectivity index (χ1n) is 5.64. The van der Waals surface area contributed by atoms with Crippen LogP contribution in [0.4, 0.5) is 9.52 Å².